The normalized spacial score (nSPS) is 33.4. The van der Waals surface area contributed by atoms with Crippen molar-refractivity contribution in [3.63, 3.8) is 0 Å². The summed E-state index contributed by atoms with van der Waals surface area (Å²) in [6.07, 6.45) is 6.96. The lowest BCUT2D eigenvalue weighted by atomic mass is 9.71. The average Bonchev–Trinajstić information content (AvgIpc) is 2.59. The van der Waals surface area contributed by atoms with E-state index in [0.717, 1.165) is 5.92 Å². The van der Waals surface area contributed by atoms with Crippen LogP contribution in [-0.4, -0.2) is 25.2 Å². The van der Waals surface area contributed by atoms with E-state index in [9.17, 15) is 4.79 Å². The van der Waals surface area contributed by atoms with Crippen molar-refractivity contribution in [1.29, 1.82) is 0 Å². The molecule has 2 aliphatic carbocycles. The van der Waals surface area contributed by atoms with Crippen molar-refractivity contribution in [3.05, 3.63) is 12.2 Å². The molecular weight excluding hydrogens is 202 g/mol. The summed E-state index contributed by atoms with van der Waals surface area (Å²) >= 11 is 0. The van der Waals surface area contributed by atoms with Gasteiger partial charge >= 0.3 is 5.97 Å². The number of rotatable bonds is 4. The highest BCUT2D eigenvalue weighted by Gasteiger charge is 2.42. The second-order valence-electron chi connectivity index (χ2n) is 5.25. The van der Waals surface area contributed by atoms with Crippen LogP contribution in [0.4, 0.5) is 0 Å². The molecule has 1 N–H and O–H groups in total. The molecule has 0 aromatic heterocycles. The van der Waals surface area contributed by atoms with Gasteiger partial charge in [0.15, 0.2) is 0 Å². The standard InChI is InChI=1S/C13H21NO2/c1-8(2)12(13(15)16-3)14-11-7-9-5-4-6-10(9)11/h4,6,8-12,14H,5,7H2,1-3H3/t9?,10?,11?,12-/m0/s1. The van der Waals surface area contributed by atoms with Gasteiger partial charge in [-0.25, -0.2) is 0 Å². The Morgan fingerprint density at radius 2 is 2.25 bits per heavy atom. The lowest BCUT2D eigenvalue weighted by Gasteiger charge is -2.42. The Balaban J connectivity index is 1.91. The summed E-state index contributed by atoms with van der Waals surface area (Å²) in [4.78, 5) is 11.6. The Morgan fingerprint density at radius 1 is 1.50 bits per heavy atom. The van der Waals surface area contributed by atoms with E-state index in [1.54, 1.807) is 0 Å². The molecule has 4 atom stereocenters. The topological polar surface area (TPSA) is 38.3 Å². The predicted molar refractivity (Wildman–Crippen MR) is 62.9 cm³/mol. The largest absolute Gasteiger partial charge is 0.468 e. The molecule has 3 unspecified atom stereocenters. The van der Waals surface area contributed by atoms with Gasteiger partial charge in [-0.05, 0) is 30.6 Å². The van der Waals surface area contributed by atoms with Crippen LogP contribution in [0.15, 0.2) is 12.2 Å². The van der Waals surface area contributed by atoms with Crippen LogP contribution in [0.3, 0.4) is 0 Å². The lowest BCUT2D eigenvalue weighted by molar-refractivity contribution is -0.145. The maximum Gasteiger partial charge on any atom is 0.323 e. The molecule has 0 heterocycles. The molecule has 0 spiro atoms. The van der Waals surface area contributed by atoms with Gasteiger partial charge in [0, 0.05) is 6.04 Å². The zero-order valence-corrected chi connectivity index (χ0v) is 10.3. The van der Waals surface area contributed by atoms with Crippen molar-refractivity contribution in [2.75, 3.05) is 7.11 Å². The minimum atomic E-state index is -0.162. The Morgan fingerprint density at radius 3 is 2.81 bits per heavy atom. The lowest BCUT2D eigenvalue weighted by Crippen LogP contribution is -2.55. The van der Waals surface area contributed by atoms with Gasteiger partial charge in [-0.2, -0.15) is 0 Å². The summed E-state index contributed by atoms with van der Waals surface area (Å²) in [6.45, 7) is 4.10. The second-order valence-corrected chi connectivity index (χ2v) is 5.25. The average molecular weight is 223 g/mol. The van der Waals surface area contributed by atoms with E-state index in [2.05, 4.69) is 31.3 Å². The summed E-state index contributed by atoms with van der Waals surface area (Å²) in [7, 11) is 1.46. The zero-order chi connectivity index (χ0) is 11.7. The molecule has 0 radical (unpaired) electrons. The van der Waals surface area contributed by atoms with Crippen LogP contribution < -0.4 is 5.32 Å². The fourth-order valence-corrected chi connectivity index (χ4v) is 2.80. The van der Waals surface area contributed by atoms with E-state index in [1.165, 1.54) is 20.0 Å². The summed E-state index contributed by atoms with van der Waals surface area (Å²) < 4.78 is 4.84. The molecule has 0 aromatic rings. The Kier molecular flexibility index (Phi) is 3.33. The van der Waals surface area contributed by atoms with E-state index >= 15 is 0 Å². The first kappa shape index (κ1) is 11.6. The molecule has 0 aliphatic heterocycles. The fraction of sp³-hybridized carbons (Fsp3) is 0.769. The zero-order valence-electron chi connectivity index (χ0n) is 10.3. The number of methoxy groups -OCH3 is 1. The molecule has 1 fully saturated rings. The highest BCUT2D eigenvalue weighted by atomic mass is 16.5. The molecule has 16 heavy (non-hydrogen) atoms. The predicted octanol–water partition coefficient (Wildman–Crippen LogP) is 1.74. The molecule has 3 nitrogen and oxygen atoms in total. The van der Waals surface area contributed by atoms with Crippen LogP contribution in [0.1, 0.15) is 26.7 Å². The molecule has 2 rings (SSSR count). The van der Waals surface area contributed by atoms with Crippen molar-refractivity contribution in [3.8, 4) is 0 Å². The number of carbonyl (C=O) groups excluding carboxylic acids is 1. The Labute approximate surface area is 97.2 Å². The Bertz CT molecular complexity index is 298. The van der Waals surface area contributed by atoms with Crippen LogP contribution in [0.25, 0.3) is 0 Å². The van der Waals surface area contributed by atoms with Gasteiger partial charge in [-0.3, -0.25) is 4.79 Å². The molecule has 3 heteroatoms. The van der Waals surface area contributed by atoms with Crippen LogP contribution in [-0.2, 0) is 9.53 Å². The van der Waals surface area contributed by atoms with Crippen LogP contribution in [0.2, 0.25) is 0 Å². The third-order valence-corrected chi connectivity index (χ3v) is 3.88. The molecule has 0 saturated heterocycles. The first-order valence-electron chi connectivity index (χ1n) is 6.14. The third kappa shape index (κ3) is 2.01. The van der Waals surface area contributed by atoms with Crippen LogP contribution >= 0.6 is 0 Å². The molecule has 0 bridgehead atoms. The number of ether oxygens (including phenoxy) is 1. The van der Waals surface area contributed by atoms with Crippen molar-refractivity contribution in [1.82, 2.24) is 5.32 Å². The fourth-order valence-electron chi connectivity index (χ4n) is 2.80. The number of esters is 1. The van der Waals surface area contributed by atoms with Crippen molar-refractivity contribution >= 4 is 5.97 Å². The molecule has 2 aliphatic rings. The smallest absolute Gasteiger partial charge is 0.323 e. The number of hydrogen-bond donors (Lipinski definition) is 1. The third-order valence-electron chi connectivity index (χ3n) is 3.88. The molecular formula is C13H21NO2. The van der Waals surface area contributed by atoms with E-state index < -0.39 is 0 Å². The van der Waals surface area contributed by atoms with Crippen LogP contribution in [0.5, 0.6) is 0 Å². The molecule has 1 saturated carbocycles. The highest BCUT2D eigenvalue weighted by molar-refractivity contribution is 5.76. The summed E-state index contributed by atoms with van der Waals surface area (Å²) in [5.74, 6) is 1.60. The number of carbonyl (C=O) groups is 1. The minimum Gasteiger partial charge on any atom is -0.468 e. The van der Waals surface area contributed by atoms with E-state index in [0.29, 0.717) is 12.0 Å². The van der Waals surface area contributed by atoms with Gasteiger partial charge < -0.3 is 10.1 Å². The molecule has 90 valence electrons. The van der Waals surface area contributed by atoms with Crippen molar-refractivity contribution in [2.45, 2.75) is 38.8 Å². The van der Waals surface area contributed by atoms with E-state index in [4.69, 9.17) is 4.74 Å². The SMILES string of the molecule is COC(=O)[C@@H](NC1CC2CC=CC21)C(C)C. The summed E-state index contributed by atoms with van der Waals surface area (Å²) in [5, 5.41) is 3.45. The quantitative estimate of drug-likeness (QED) is 0.583. The highest BCUT2D eigenvalue weighted by Crippen LogP contribution is 2.43. The van der Waals surface area contributed by atoms with Crippen molar-refractivity contribution in [2.24, 2.45) is 17.8 Å². The first-order chi connectivity index (χ1) is 7.63. The minimum absolute atomic E-state index is 0.138. The van der Waals surface area contributed by atoms with Gasteiger partial charge in [0.1, 0.15) is 6.04 Å². The van der Waals surface area contributed by atoms with Gasteiger partial charge in [-0.1, -0.05) is 26.0 Å². The second kappa shape index (κ2) is 4.58. The van der Waals surface area contributed by atoms with E-state index in [1.807, 2.05) is 0 Å². The monoisotopic (exact) mass is 223 g/mol. The first-order valence-corrected chi connectivity index (χ1v) is 6.14. The molecule has 0 amide bonds. The van der Waals surface area contributed by atoms with Crippen LogP contribution in [0, 0.1) is 17.8 Å². The summed E-state index contributed by atoms with van der Waals surface area (Å²) in [6, 6.07) is 0.306. The van der Waals surface area contributed by atoms with Crippen molar-refractivity contribution < 1.29 is 9.53 Å². The Hall–Kier alpha value is -0.830. The van der Waals surface area contributed by atoms with Gasteiger partial charge in [0.25, 0.3) is 0 Å². The maximum absolute atomic E-state index is 11.6. The van der Waals surface area contributed by atoms with Gasteiger partial charge in [0.2, 0.25) is 0 Å². The maximum atomic E-state index is 11.6. The number of fused-ring (bicyclic) bond motifs is 1. The van der Waals surface area contributed by atoms with Gasteiger partial charge in [0.05, 0.1) is 7.11 Å². The summed E-state index contributed by atoms with van der Waals surface area (Å²) in [5.41, 5.74) is 0. The van der Waals surface area contributed by atoms with Gasteiger partial charge in [-0.15, -0.1) is 0 Å². The number of hydrogen-bond acceptors (Lipinski definition) is 3. The van der Waals surface area contributed by atoms with E-state index in [-0.39, 0.29) is 17.9 Å². The number of allylic oxidation sites excluding steroid dienone is 1. The molecule has 0 aromatic carbocycles. The number of nitrogens with one attached hydrogen (secondary N) is 1.